The van der Waals surface area contributed by atoms with Crippen LogP contribution in [0.1, 0.15) is 11.4 Å². The predicted octanol–water partition coefficient (Wildman–Crippen LogP) is 2.92. The van der Waals surface area contributed by atoms with Crippen molar-refractivity contribution in [3.8, 4) is 11.3 Å². The van der Waals surface area contributed by atoms with Crippen LogP contribution in [0.25, 0.3) is 22.3 Å². The molecule has 0 spiro atoms. The number of fused-ring (bicyclic) bond motifs is 1. The minimum Gasteiger partial charge on any atom is -0.368 e. The fourth-order valence-electron chi connectivity index (χ4n) is 2.75. The summed E-state index contributed by atoms with van der Waals surface area (Å²) in [4.78, 5) is 20.6. The molecule has 0 aliphatic carbocycles. The summed E-state index contributed by atoms with van der Waals surface area (Å²) in [7, 11) is 0. The zero-order valence-corrected chi connectivity index (χ0v) is 13.7. The highest BCUT2D eigenvalue weighted by Crippen LogP contribution is 2.29. The largest absolute Gasteiger partial charge is 0.368 e. The molecule has 0 saturated heterocycles. The Morgan fingerprint density at radius 2 is 2.04 bits per heavy atom. The maximum absolute atomic E-state index is 5.82. The van der Waals surface area contributed by atoms with Crippen molar-refractivity contribution in [2.75, 3.05) is 11.1 Å². The molecule has 0 bridgehead atoms. The van der Waals surface area contributed by atoms with E-state index in [1.807, 2.05) is 49.5 Å². The van der Waals surface area contributed by atoms with Crippen LogP contribution in [-0.2, 0) is 6.54 Å². The standard InChI is InChI=1S/C18H17N7/c1-11-8-15(24-18(19)23-11)14-9-16(25-17-13(14)5-7-21-17)22-10-12-4-2-3-6-20-12/h2-9H,10H2,1H3,(H2,19,23,24)(H2,21,22,25). The van der Waals surface area contributed by atoms with Gasteiger partial charge in [0.1, 0.15) is 11.5 Å². The molecule has 7 heteroatoms. The number of nitrogens with one attached hydrogen (secondary N) is 2. The lowest BCUT2D eigenvalue weighted by Crippen LogP contribution is -2.04. The first-order chi connectivity index (χ1) is 12.2. The molecular weight excluding hydrogens is 314 g/mol. The third-order valence-corrected chi connectivity index (χ3v) is 3.85. The van der Waals surface area contributed by atoms with Crippen LogP contribution in [0.3, 0.4) is 0 Å². The van der Waals surface area contributed by atoms with Gasteiger partial charge in [-0.1, -0.05) is 6.07 Å². The van der Waals surface area contributed by atoms with Crippen LogP contribution in [-0.4, -0.2) is 24.9 Å². The zero-order chi connectivity index (χ0) is 17.2. The van der Waals surface area contributed by atoms with Crippen LogP contribution in [0, 0.1) is 6.92 Å². The molecule has 4 N–H and O–H groups in total. The van der Waals surface area contributed by atoms with Gasteiger partial charge in [-0.3, -0.25) is 4.98 Å². The summed E-state index contributed by atoms with van der Waals surface area (Å²) in [6.07, 6.45) is 3.64. The quantitative estimate of drug-likeness (QED) is 0.531. The Morgan fingerprint density at radius 3 is 2.84 bits per heavy atom. The van der Waals surface area contributed by atoms with Crippen molar-refractivity contribution in [1.82, 2.24) is 24.9 Å². The molecule has 0 fully saturated rings. The number of aryl methyl sites for hydroxylation is 1. The van der Waals surface area contributed by atoms with E-state index in [1.54, 1.807) is 6.20 Å². The van der Waals surface area contributed by atoms with Crippen LogP contribution in [0.4, 0.5) is 11.8 Å². The van der Waals surface area contributed by atoms with Gasteiger partial charge in [-0.25, -0.2) is 15.0 Å². The highest BCUT2D eigenvalue weighted by molar-refractivity contribution is 5.93. The zero-order valence-electron chi connectivity index (χ0n) is 13.7. The molecule has 0 aliphatic rings. The Hall–Kier alpha value is -3.48. The second kappa shape index (κ2) is 6.20. The van der Waals surface area contributed by atoms with Gasteiger partial charge in [-0.15, -0.1) is 0 Å². The maximum atomic E-state index is 5.82. The van der Waals surface area contributed by atoms with Crippen molar-refractivity contribution in [3.63, 3.8) is 0 Å². The van der Waals surface area contributed by atoms with E-state index in [2.05, 4.69) is 30.2 Å². The second-order valence-corrected chi connectivity index (χ2v) is 5.72. The number of hydrogen-bond donors (Lipinski definition) is 3. The number of pyridine rings is 2. The smallest absolute Gasteiger partial charge is 0.220 e. The summed E-state index contributed by atoms with van der Waals surface area (Å²) in [6.45, 7) is 2.49. The van der Waals surface area contributed by atoms with E-state index >= 15 is 0 Å². The fourth-order valence-corrected chi connectivity index (χ4v) is 2.75. The van der Waals surface area contributed by atoms with Crippen LogP contribution >= 0.6 is 0 Å². The normalized spacial score (nSPS) is 10.9. The highest BCUT2D eigenvalue weighted by atomic mass is 15.0. The molecule has 4 heterocycles. The Morgan fingerprint density at radius 1 is 1.12 bits per heavy atom. The Balaban J connectivity index is 1.74. The first kappa shape index (κ1) is 15.1. The Kier molecular flexibility index (Phi) is 3.74. The van der Waals surface area contributed by atoms with Gasteiger partial charge in [0.2, 0.25) is 5.95 Å². The van der Waals surface area contributed by atoms with E-state index in [-0.39, 0.29) is 5.95 Å². The number of anilines is 2. The van der Waals surface area contributed by atoms with Crippen molar-refractivity contribution in [2.24, 2.45) is 0 Å². The highest BCUT2D eigenvalue weighted by Gasteiger charge is 2.11. The lowest BCUT2D eigenvalue weighted by Gasteiger charge is -2.10. The molecule has 0 saturated carbocycles. The first-order valence-electron chi connectivity index (χ1n) is 7.92. The van der Waals surface area contributed by atoms with Crippen molar-refractivity contribution in [1.29, 1.82) is 0 Å². The molecule has 25 heavy (non-hydrogen) atoms. The summed E-state index contributed by atoms with van der Waals surface area (Å²) in [5.74, 6) is 1.00. The molecular formula is C18H17N7. The van der Waals surface area contributed by atoms with Gasteiger partial charge in [0.15, 0.2) is 0 Å². The molecule has 7 nitrogen and oxygen atoms in total. The van der Waals surface area contributed by atoms with Gasteiger partial charge in [-0.2, -0.15) is 0 Å². The number of aromatic amines is 1. The van der Waals surface area contributed by atoms with Crippen molar-refractivity contribution in [3.05, 3.63) is 60.2 Å². The third kappa shape index (κ3) is 3.12. The lowest BCUT2D eigenvalue weighted by atomic mass is 10.1. The van der Waals surface area contributed by atoms with E-state index in [1.165, 1.54) is 0 Å². The molecule has 0 amide bonds. The number of nitrogens with two attached hydrogens (primary N) is 1. The predicted molar refractivity (Wildman–Crippen MR) is 97.8 cm³/mol. The molecule has 4 aromatic rings. The topological polar surface area (TPSA) is 105 Å². The summed E-state index contributed by atoms with van der Waals surface area (Å²) >= 11 is 0. The number of hydrogen-bond acceptors (Lipinski definition) is 6. The second-order valence-electron chi connectivity index (χ2n) is 5.72. The van der Waals surface area contributed by atoms with Gasteiger partial charge in [-0.05, 0) is 37.3 Å². The van der Waals surface area contributed by atoms with Crippen molar-refractivity contribution < 1.29 is 0 Å². The number of aromatic nitrogens is 5. The Bertz CT molecular complexity index is 1000. The third-order valence-electron chi connectivity index (χ3n) is 3.85. The summed E-state index contributed by atoms with van der Waals surface area (Å²) in [5, 5.41) is 4.30. The summed E-state index contributed by atoms with van der Waals surface area (Å²) < 4.78 is 0. The van der Waals surface area contributed by atoms with E-state index in [9.17, 15) is 0 Å². The summed E-state index contributed by atoms with van der Waals surface area (Å²) in [6, 6.07) is 11.7. The van der Waals surface area contributed by atoms with Gasteiger partial charge in [0.05, 0.1) is 17.9 Å². The van der Waals surface area contributed by atoms with Crippen LogP contribution in [0.2, 0.25) is 0 Å². The van der Waals surface area contributed by atoms with Gasteiger partial charge >= 0.3 is 0 Å². The van der Waals surface area contributed by atoms with Gasteiger partial charge < -0.3 is 16.0 Å². The molecule has 0 aromatic carbocycles. The Labute approximate surface area is 144 Å². The van der Waals surface area contributed by atoms with Crippen LogP contribution < -0.4 is 11.1 Å². The van der Waals surface area contributed by atoms with E-state index in [4.69, 9.17) is 5.73 Å². The minimum absolute atomic E-state index is 0.262. The number of H-pyrrole nitrogens is 1. The van der Waals surface area contributed by atoms with Crippen LogP contribution in [0.5, 0.6) is 0 Å². The molecule has 124 valence electrons. The summed E-state index contributed by atoms with van der Waals surface area (Å²) in [5.41, 5.74) is 10.1. The maximum Gasteiger partial charge on any atom is 0.220 e. The number of nitrogen functional groups attached to an aromatic ring is 1. The van der Waals surface area contributed by atoms with Crippen LogP contribution in [0.15, 0.2) is 48.8 Å². The number of rotatable bonds is 4. The molecule has 4 rings (SSSR count). The fraction of sp³-hybridized carbons (Fsp3) is 0.111. The molecule has 4 aromatic heterocycles. The van der Waals surface area contributed by atoms with E-state index in [0.717, 1.165) is 39.5 Å². The van der Waals surface area contributed by atoms with Gasteiger partial charge in [0.25, 0.3) is 0 Å². The lowest BCUT2D eigenvalue weighted by molar-refractivity contribution is 1.03. The van der Waals surface area contributed by atoms with Gasteiger partial charge in [0, 0.05) is 29.0 Å². The molecule has 0 atom stereocenters. The monoisotopic (exact) mass is 331 g/mol. The average Bonchev–Trinajstić information content (AvgIpc) is 3.08. The molecule has 0 unspecified atom stereocenters. The van der Waals surface area contributed by atoms with Crippen molar-refractivity contribution >= 4 is 22.8 Å². The molecule has 0 radical (unpaired) electrons. The van der Waals surface area contributed by atoms with E-state index < -0.39 is 0 Å². The average molecular weight is 331 g/mol. The van der Waals surface area contributed by atoms with Crippen molar-refractivity contribution in [2.45, 2.75) is 13.5 Å². The first-order valence-corrected chi connectivity index (χ1v) is 7.92. The SMILES string of the molecule is Cc1cc(-c2cc(NCc3ccccn3)nc3[nH]ccc23)nc(N)n1. The minimum atomic E-state index is 0.262. The van der Waals surface area contributed by atoms with E-state index in [0.29, 0.717) is 6.54 Å². The number of nitrogens with zero attached hydrogens (tertiary/aromatic N) is 4. The molecule has 0 aliphatic heterocycles.